The van der Waals surface area contributed by atoms with Crippen molar-refractivity contribution in [2.75, 3.05) is 31.9 Å². The molecule has 0 unspecified atom stereocenters. The molecule has 0 saturated carbocycles. The van der Waals surface area contributed by atoms with Gasteiger partial charge in [-0.05, 0) is 36.2 Å². The summed E-state index contributed by atoms with van der Waals surface area (Å²) in [6.45, 7) is 5.36. The first-order chi connectivity index (χ1) is 12.6. The molecule has 2 aromatic carbocycles. The minimum Gasteiger partial charge on any atom is -0.457 e. The van der Waals surface area contributed by atoms with Crippen LogP contribution in [0.3, 0.4) is 0 Å². The van der Waals surface area contributed by atoms with Gasteiger partial charge in [-0.2, -0.15) is 4.31 Å². The number of rotatable bonds is 7. The number of benzene rings is 2. The van der Waals surface area contributed by atoms with E-state index in [1.165, 1.54) is 5.56 Å². The number of hydrogen-bond donors (Lipinski definition) is 0. The average molecular weight is 375 g/mol. The van der Waals surface area contributed by atoms with E-state index < -0.39 is 10.0 Å². The zero-order valence-corrected chi connectivity index (χ0v) is 16.0. The maximum absolute atomic E-state index is 12.2. The predicted molar refractivity (Wildman–Crippen MR) is 104 cm³/mol. The zero-order valence-electron chi connectivity index (χ0n) is 15.2. The molecule has 0 N–H and O–H groups in total. The third-order valence-electron chi connectivity index (χ3n) is 4.47. The first-order valence-corrected chi connectivity index (χ1v) is 10.7. The van der Waals surface area contributed by atoms with Gasteiger partial charge in [0.25, 0.3) is 0 Å². The Bertz CT molecular complexity index is 801. The molecule has 0 aliphatic carbocycles. The van der Waals surface area contributed by atoms with Crippen molar-refractivity contribution in [2.45, 2.75) is 19.9 Å². The summed E-state index contributed by atoms with van der Waals surface area (Å²) in [5.74, 6) is 1.88. The Labute approximate surface area is 156 Å². The molecule has 140 valence electrons. The fraction of sp³-hybridized carbons (Fsp3) is 0.400. The molecule has 0 aromatic heterocycles. The molecular formula is C20H26N2O3S. The van der Waals surface area contributed by atoms with Crippen LogP contribution in [0.25, 0.3) is 0 Å². The summed E-state index contributed by atoms with van der Waals surface area (Å²) >= 11 is 0. The van der Waals surface area contributed by atoms with E-state index in [1.807, 2.05) is 55.5 Å². The largest absolute Gasteiger partial charge is 0.457 e. The lowest BCUT2D eigenvalue weighted by Crippen LogP contribution is -2.48. The minimum absolute atomic E-state index is 0.242. The van der Waals surface area contributed by atoms with E-state index in [4.69, 9.17) is 4.74 Å². The van der Waals surface area contributed by atoms with E-state index in [-0.39, 0.29) is 5.75 Å². The molecule has 1 aliphatic heterocycles. The van der Waals surface area contributed by atoms with E-state index in [0.717, 1.165) is 31.1 Å². The van der Waals surface area contributed by atoms with E-state index >= 15 is 0 Å². The van der Waals surface area contributed by atoms with Crippen molar-refractivity contribution in [3.63, 3.8) is 0 Å². The minimum atomic E-state index is -3.08. The van der Waals surface area contributed by atoms with E-state index in [9.17, 15) is 8.42 Å². The first kappa shape index (κ1) is 18.9. The maximum atomic E-state index is 12.2. The van der Waals surface area contributed by atoms with Crippen molar-refractivity contribution in [2.24, 2.45) is 0 Å². The summed E-state index contributed by atoms with van der Waals surface area (Å²) in [6, 6.07) is 17.8. The molecule has 2 aromatic rings. The van der Waals surface area contributed by atoms with E-state index in [1.54, 1.807) is 4.31 Å². The predicted octanol–water partition coefficient (Wildman–Crippen LogP) is 3.34. The summed E-state index contributed by atoms with van der Waals surface area (Å²) in [5, 5.41) is 0. The first-order valence-electron chi connectivity index (χ1n) is 9.09. The molecule has 0 radical (unpaired) electrons. The van der Waals surface area contributed by atoms with Crippen molar-refractivity contribution in [1.82, 2.24) is 9.21 Å². The lowest BCUT2D eigenvalue weighted by molar-refractivity contribution is 0.181. The average Bonchev–Trinajstić information content (AvgIpc) is 2.63. The number of ether oxygens (including phenoxy) is 1. The van der Waals surface area contributed by atoms with Gasteiger partial charge in [-0.25, -0.2) is 8.42 Å². The Kier molecular flexibility index (Phi) is 6.29. The highest BCUT2D eigenvalue weighted by Gasteiger charge is 2.26. The number of hydrogen-bond acceptors (Lipinski definition) is 4. The zero-order chi connectivity index (χ0) is 18.4. The molecule has 0 spiro atoms. The maximum Gasteiger partial charge on any atom is 0.214 e. The quantitative estimate of drug-likeness (QED) is 0.746. The number of para-hydroxylation sites is 1. The van der Waals surface area contributed by atoms with E-state index in [0.29, 0.717) is 19.5 Å². The molecule has 6 heteroatoms. The van der Waals surface area contributed by atoms with Crippen LogP contribution in [0.15, 0.2) is 54.6 Å². The Morgan fingerprint density at radius 3 is 2.31 bits per heavy atom. The van der Waals surface area contributed by atoms with Crippen LogP contribution in [0.5, 0.6) is 11.5 Å². The van der Waals surface area contributed by atoms with Crippen LogP contribution in [0.2, 0.25) is 0 Å². The second-order valence-corrected chi connectivity index (χ2v) is 8.64. The lowest BCUT2D eigenvalue weighted by Gasteiger charge is -2.34. The molecule has 0 amide bonds. The van der Waals surface area contributed by atoms with Gasteiger partial charge in [0.1, 0.15) is 11.5 Å². The highest BCUT2D eigenvalue weighted by molar-refractivity contribution is 7.89. The summed E-state index contributed by atoms with van der Waals surface area (Å²) in [4.78, 5) is 2.29. The van der Waals surface area contributed by atoms with E-state index in [2.05, 4.69) is 11.0 Å². The third kappa shape index (κ3) is 5.06. The molecule has 5 nitrogen and oxygen atoms in total. The highest BCUT2D eigenvalue weighted by Crippen LogP contribution is 2.22. The third-order valence-corrected chi connectivity index (χ3v) is 6.55. The molecule has 26 heavy (non-hydrogen) atoms. The molecular weight excluding hydrogens is 348 g/mol. The Morgan fingerprint density at radius 1 is 0.923 bits per heavy atom. The Balaban J connectivity index is 1.56. The van der Waals surface area contributed by atoms with Crippen LogP contribution in [-0.2, 0) is 16.6 Å². The van der Waals surface area contributed by atoms with Gasteiger partial charge in [0.15, 0.2) is 0 Å². The van der Waals surface area contributed by atoms with Gasteiger partial charge in [-0.3, -0.25) is 4.90 Å². The van der Waals surface area contributed by atoms with Gasteiger partial charge in [-0.1, -0.05) is 37.3 Å². The second kappa shape index (κ2) is 8.66. The van der Waals surface area contributed by atoms with Gasteiger partial charge >= 0.3 is 0 Å². The molecule has 0 bridgehead atoms. The molecule has 1 fully saturated rings. The fourth-order valence-electron chi connectivity index (χ4n) is 3.14. The SMILES string of the molecule is CCCS(=O)(=O)N1CCN(Cc2cccc(Oc3ccccc3)c2)CC1. The summed E-state index contributed by atoms with van der Waals surface area (Å²) < 4.78 is 31.8. The van der Waals surface area contributed by atoms with Crippen molar-refractivity contribution in [3.05, 3.63) is 60.2 Å². The van der Waals surface area contributed by atoms with Crippen molar-refractivity contribution in [3.8, 4) is 11.5 Å². The van der Waals surface area contributed by atoms with Crippen LogP contribution in [0.4, 0.5) is 0 Å². The fourth-order valence-corrected chi connectivity index (χ4v) is 4.64. The van der Waals surface area contributed by atoms with Gasteiger partial charge in [0, 0.05) is 32.7 Å². The monoisotopic (exact) mass is 374 g/mol. The molecule has 1 saturated heterocycles. The summed E-state index contributed by atoms with van der Waals surface area (Å²) in [6.07, 6.45) is 0.663. The van der Waals surface area contributed by atoms with Crippen LogP contribution in [0.1, 0.15) is 18.9 Å². The molecule has 1 heterocycles. The molecule has 3 rings (SSSR count). The van der Waals surface area contributed by atoms with Crippen LogP contribution >= 0.6 is 0 Å². The summed E-state index contributed by atoms with van der Waals surface area (Å²) in [5.41, 5.74) is 1.17. The Morgan fingerprint density at radius 2 is 1.62 bits per heavy atom. The Hall–Kier alpha value is -1.89. The topological polar surface area (TPSA) is 49.9 Å². The van der Waals surface area contributed by atoms with Gasteiger partial charge in [-0.15, -0.1) is 0 Å². The normalized spacial score (nSPS) is 16.5. The molecule has 0 atom stereocenters. The standard InChI is InChI=1S/C20H26N2O3S/c1-2-15-26(23,24)22-13-11-21(12-14-22)17-18-7-6-10-20(16-18)25-19-8-4-3-5-9-19/h3-10,16H,2,11-15,17H2,1H3. The smallest absolute Gasteiger partial charge is 0.214 e. The van der Waals surface area contributed by atoms with Gasteiger partial charge in [0.05, 0.1) is 5.75 Å². The number of sulfonamides is 1. The van der Waals surface area contributed by atoms with Gasteiger partial charge < -0.3 is 4.74 Å². The molecule has 1 aliphatic rings. The number of nitrogens with zero attached hydrogens (tertiary/aromatic N) is 2. The van der Waals surface area contributed by atoms with Crippen LogP contribution in [0, 0.1) is 0 Å². The lowest BCUT2D eigenvalue weighted by atomic mass is 10.2. The van der Waals surface area contributed by atoms with Crippen molar-refractivity contribution in [1.29, 1.82) is 0 Å². The number of piperazine rings is 1. The van der Waals surface area contributed by atoms with Crippen molar-refractivity contribution < 1.29 is 13.2 Å². The second-order valence-electron chi connectivity index (χ2n) is 6.55. The van der Waals surface area contributed by atoms with Crippen molar-refractivity contribution >= 4 is 10.0 Å². The highest BCUT2D eigenvalue weighted by atomic mass is 32.2. The van der Waals surface area contributed by atoms with Crippen LogP contribution < -0.4 is 4.74 Å². The summed E-state index contributed by atoms with van der Waals surface area (Å²) in [7, 11) is -3.08. The van der Waals surface area contributed by atoms with Crippen LogP contribution in [-0.4, -0.2) is 49.6 Å². The van der Waals surface area contributed by atoms with Gasteiger partial charge in [0.2, 0.25) is 10.0 Å².